The minimum Gasteiger partial charge on any atom is -0.271 e. The lowest BCUT2D eigenvalue weighted by Crippen LogP contribution is -2.18. The molecule has 0 N–H and O–H groups in total. The largest absolute Gasteiger partial charge is 0.271 e. The van der Waals surface area contributed by atoms with Gasteiger partial charge in [-0.3, -0.25) is 4.68 Å². The number of aryl methyl sites for hydroxylation is 1. The monoisotopic (exact) mass is 318 g/mol. The normalized spacial score (nSPS) is 26.9. The summed E-state index contributed by atoms with van der Waals surface area (Å²) in [5.74, 6) is 1.77. The third-order valence-corrected chi connectivity index (χ3v) is 4.44. The molecule has 1 aliphatic carbocycles. The molecule has 1 aliphatic rings. The number of nitrogens with zero attached hydrogens (tertiary/aromatic N) is 2. The summed E-state index contributed by atoms with van der Waals surface area (Å²) in [5, 5.41) is 4.53. The molecule has 15 heavy (non-hydrogen) atoms. The molecule has 0 bridgehead atoms. The van der Waals surface area contributed by atoms with Crippen LogP contribution < -0.4 is 0 Å². The number of hydrogen-bond acceptors (Lipinski definition) is 1. The van der Waals surface area contributed by atoms with Gasteiger partial charge in [0.1, 0.15) is 3.70 Å². The van der Waals surface area contributed by atoms with E-state index in [-0.39, 0.29) is 0 Å². The lowest BCUT2D eigenvalue weighted by molar-refractivity contribution is 0.250. The van der Waals surface area contributed by atoms with Crippen molar-refractivity contribution in [3.63, 3.8) is 0 Å². The van der Waals surface area contributed by atoms with Crippen LogP contribution in [0.5, 0.6) is 0 Å². The summed E-state index contributed by atoms with van der Waals surface area (Å²) >= 11 is 2.31. The lowest BCUT2D eigenvalue weighted by atomic mass is 9.82. The molecule has 1 heterocycles. The first-order valence-electron chi connectivity index (χ1n) is 5.84. The van der Waals surface area contributed by atoms with Crippen molar-refractivity contribution >= 4 is 22.6 Å². The van der Waals surface area contributed by atoms with Crippen LogP contribution in [-0.4, -0.2) is 9.78 Å². The maximum absolute atomic E-state index is 4.53. The second-order valence-corrected chi connectivity index (χ2v) is 5.98. The van der Waals surface area contributed by atoms with Crippen molar-refractivity contribution in [2.75, 3.05) is 0 Å². The molecule has 1 aromatic heterocycles. The quantitative estimate of drug-likeness (QED) is 0.762. The summed E-state index contributed by atoms with van der Waals surface area (Å²) in [6, 6.07) is 0. The van der Waals surface area contributed by atoms with E-state index in [0.29, 0.717) is 0 Å². The van der Waals surface area contributed by atoms with Gasteiger partial charge in [0.2, 0.25) is 0 Å². The highest BCUT2D eigenvalue weighted by molar-refractivity contribution is 14.1. The van der Waals surface area contributed by atoms with Gasteiger partial charge in [0.05, 0.1) is 0 Å². The van der Waals surface area contributed by atoms with Gasteiger partial charge in [0.25, 0.3) is 0 Å². The number of hydrogen-bond donors (Lipinski definition) is 0. The van der Waals surface area contributed by atoms with E-state index in [1.165, 1.54) is 31.2 Å². The highest BCUT2D eigenvalue weighted by Gasteiger charge is 2.19. The van der Waals surface area contributed by atoms with E-state index in [2.05, 4.69) is 52.4 Å². The van der Waals surface area contributed by atoms with Gasteiger partial charge in [-0.25, -0.2) is 0 Å². The first-order chi connectivity index (χ1) is 7.15. The molecule has 1 fully saturated rings. The van der Waals surface area contributed by atoms with Gasteiger partial charge in [-0.1, -0.05) is 19.8 Å². The Morgan fingerprint density at radius 3 is 2.93 bits per heavy atom. The van der Waals surface area contributed by atoms with Gasteiger partial charge >= 0.3 is 0 Å². The Hall–Kier alpha value is -0.0600. The molecular weight excluding hydrogens is 299 g/mol. The molecule has 0 aromatic carbocycles. The van der Waals surface area contributed by atoms with Crippen LogP contribution in [0.1, 0.15) is 38.2 Å². The molecular formula is C12H19IN2. The zero-order chi connectivity index (χ0) is 10.8. The second kappa shape index (κ2) is 4.85. The standard InChI is InChI=1S/C12H19IN2/c1-9-4-3-5-11(6-9)8-15-7-10(2)12(13)14-15/h7,9,11H,3-6,8H2,1-2H3. The second-order valence-electron chi connectivity index (χ2n) is 4.96. The first kappa shape index (κ1) is 11.4. The van der Waals surface area contributed by atoms with E-state index in [1.54, 1.807) is 0 Å². The van der Waals surface area contributed by atoms with Crippen molar-refractivity contribution in [1.29, 1.82) is 0 Å². The Morgan fingerprint density at radius 2 is 2.33 bits per heavy atom. The van der Waals surface area contributed by atoms with Gasteiger partial charge in [-0.05, 0) is 54.2 Å². The Morgan fingerprint density at radius 1 is 1.53 bits per heavy atom. The van der Waals surface area contributed by atoms with Gasteiger partial charge in [0, 0.05) is 18.3 Å². The minimum absolute atomic E-state index is 0.851. The molecule has 1 aromatic rings. The van der Waals surface area contributed by atoms with Crippen LogP contribution in [0, 0.1) is 22.5 Å². The van der Waals surface area contributed by atoms with Crippen molar-refractivity contribution < 1.29 is 0 Å². The zero-order valence-electron chi connectivity index (χ0n) is 9.54. The van der Waals surface area contributed by atoms with Crippen LogP contribution in [0.4, 0.5) is 0 Å². The minimum atomic E-state index is 0.851. The van der Waals surface area contributed by atoms with Crippen LogP contribution in [0.3, 0.4) is 0 Å². The molecule has 3 heteroatoms. The average molecular weight is 318 g/mol. The van der Waals surface area contributed by atoms with E-state index in [9.17, 15) is 0 Å². The summed E-state index contributed by atoms with van der Waals surface area (Å²) < 4.78 is 3.29. The SMILES string of the molecule is Cc1cn(CC2CCCC(C)C2)nc1I. The third-order valence-electron chi connectivity index (χ3n) is 3.37. The topological polar surface area (TPSA) is 17.8 Å². The number of aromatic nitrogens is 2. The van der Waals surface area contributed by atoms with E-state index < -0.39 is 0 Å². The predicted molar refractivity (Wildman–Crippen MR) is 70.8 cm³/mol. The molecule has 2 unspecified atom stereocenters. The van der Waals surface area contributed by atoms with Crippen LogP contribution >= 0.6 is 22.6 Å². The molecule has 0 radical (unpaired) electrons. The van der Waals surface area contributed by atoms with E-state index in [1.807, 2.05) is 0 Å². The zero-order valence-corrected chi connectivity index (χ0v) is 11.7. The van der Waals surface area contributed by atoms with Crippen molar-refractivity contribution in [3.8, 4) is 0 Å². The molecule has 84 valence electrons. The Labute approximate surface area is 106 Å². The smallest absolute Gasteiger partial charge is 0.126 e. The van der Waals surface area contributed by atoms with Crippen LogP contribution in [0.15, 0.2) is 6.20 Å². The van der Waals surface area contributed by atoms with Gasteiger partial charge in [-0.2, -0.15) is 5.10 Å². The molecule has 0 saturated heterocycles. The summed E-state index contributed by atoms with van der Waals surface area (Å²) in [5.41, 5.74) is 1.31. The molecule has 2 atom stereocenters. The van der Waals surface area contributed by atoms with Crippen molar-refractivity contribution in [3.05, 3.63) is 15.5 Å². The van der Waals surface area contributed by atoms with Gasteiger partial charge < -0.3 is 0 Å². The van der Waals surface area contributed by atoms with Crippen LogP contribution in [0.2, 0.25) is 0 Å². The predicted octanol–water partition coefficient (Wildman–Crippen LogP) is 3.62. The summed E-state index contributed by atoms with van der Waals surface area (Å²) in [6.45, 7) is 5.63. The van der Waals surface area contributed by atoms with Crippen LogP contribution in [-0.2, 0) is 6.54 Å². The highest BCUT2D eigenvalue weighted by atomic mass is 127. The Bertz CT molecular complexity index is 313. The fourth-order valence-electron chi connectivity index (χ4n) is 2.58. The van der Waals surface area contributed by atoms with Crippen molar-refractivity contribution in [2.24, 2.45) is 11.8 Å². The number of rotatable bonds is 2. The van der Waals surface area contributed by atoms with E-state index in [4.69, 9.17) is 0 Å². The number of halogens is 1. The average Bonchev–Trinajstić information content (AvgIpc) is 2.45. The van der Waals surface area contributed by atoms with Gasteiger partial charge in [-0.15, -0.1) is 0 Å². The van der Waals surface area contributed by atoms with E-state index >= 15 is 0 Å². The maximum Gasteiger partial charge on any atom is 0.126 e. The molecule has 0 aliphatic heterocycles. The first-order valence-corrected chi connectivity index (χ1v) is 6.92. The van der Waals surface area contributed by atoms with Crippen molar-refractivity contribution in [1.82, 2.24) is 9.78 Å². The molecule has 1 saturated carbocycles. The Kier molecular flexibility index (Phi) is 3.69. The fraction of sp³-hybridized carbons (Fsp3) is 0.750. The highest BCUT2D eigenvalue weighted by Crippen LogP contribution is 2.29. The molecule has 2 nitrogen and oxygen atoms in total. The summed E-state index contributed by atoms with van der Waals surface area (Å²) in [4.78, 5) is 0. The Balaban J connectivity index is 1.96. The molecule has 0 spiro atoms. The van der Waals surface area contributed by atoms with Crippen LogP contribution in [0.25, 0.3) is 0 Å². The maximum atomic E-state index is 4.53. The van der Waals surface area contributed by atoms with E-state index in [0.717, 1.165) is 22.1 Å². The lowest BCUT2D eigenvalue weighted by Gasteiger charge is -2.26. The molecule has 2 rings (SSSR count). The van der Waals surface area contributed by atoms with Gasteiger partial charge in [0.15, 0.2) is 0 Å². The molecule has 0 amide bonds. The third kappa shape index (κ3) is 2.95. The summed E-state index contributed by atoms with van der Waals surface area (Å²) in [7, 11) is 0. The summed E-state index contributed by atoms with van der Waals surface area (Å²) in [6.07, 6.45) is 7.78. The fourth-order valence-corrected chi connectivity index (χ4v) is 3.00. The van der Waals surface area contributed by atoms with Crippen molar-refractivity contribution in [2.45, 2.75) is 46.1 Å².